The van der Waals surface area contributed by atoms with Crippen LogP contribution in [0.25, 0.3) is 0 Å². The Labute approximate surface area is 121 Å². The Balaban J connectivity index is 1.94. The Hall–Kier alpha value is -1.06. The first-order valence-corrected chi connectivity index (χ1v) is 6.93. The van der Waals surface area contributed by atoms with E-state index in [1.807, 2.05) is 6.07 Å². The standard InChI is InChI=1S/C14H14BrClN2/c1-10(8-11-2-4-12(15)5-3-11)18-13-6-7-14(16)17-9-13/h2-7,9-10,18H,8H2,1H3. The number of rotatable bonds is 4. The maximum atomic E-state index is 5.75. The third kappa shape index (κ3) is 4.00. The quantitative estimate of drug-likeness (QED) is 0.835. The van der Waals surface area contributed by atoms with Gasteiger partial charge >= 0.3 is 0 Å². The number of anilines is 1. The minimum atomic E-state index is 0.342. The Morgan fingerprint density at radius 2 is 1.94 bits per heavy atom. The maximum absolute atomic E-state index is 5.75. The van der Waals surface area contributed by atoms with Crippen molar-refractivity contribution in [3.8, 4) is 0 Å². The van der Waals surface area contributed by atoms with Crippen molar-refractivity contribution in [3.63, 3.8) is 0 Å². The molecule has 0 saturated heterocycles. The van der Waals surface area contributed by atoms with Crippen LogP contribution < -0.4 is 5.32 Å². The fraction of sp³-hybridized carbons (Fsp3) is 0.214. The molecule has 0 amide bonds. The first-order chi connectivity index (χ1) is 8.63. The molecule has 1 aromatic carbocycles. The summed E-state index contributed by atoms with van der Waals surface area (Å²) in [6.45, 7) is 2.15. The van der Waals surface area contributed by atoms with Crippen molar-refractivity contribution >= 4 is 33.2 Å². The molecule has 1 atom stereocenters. The van der Waals surface area contributed by atoms with Crippen LogP contribution in [0.5, 0.6) is 0 Å². The van der Waals surface area contributed by atoms with Crippen molar-refractivity contribution in [2.75, 3.05) is 5.32 Å². The summed E-state index contributed by atoms with van der Waals surface area (Å²) >= 11 is 9.19. The van der Waals surface area contributed by atoms with Crippen LogP contribution in [-0.2, 0) is 6.42 Å². The van der Waals surface area contributed by atoms with Crippen LogP contribution in [0.3, 0.4) is 0 Å². The van der Waals surface area contributed by atoms with Crippen molar-refractivity contribution in [1.29, 1.82) is 0 Å². The van der Waals surface area contributed by atoms with E-state index in [4.69, 9.17) is 11.6 Å². The lowest BCUT2D eigenvalue weighted by Gasteiger charge is -2.15. The summed E-state index contributed by atoms with van der Waals surface area (Å²) in [4.78, 5) is 4.05. The van der Waals surface area contributed by atoms with E-state index < -0.39 is 0 Å². The van der Waals surface area contributed by atoms with Crippen molar-refractivity contribution < 1.29 is 0 Å². The molecule has 1 aromatic heterocycles. The van der Waals surface area contributed by atoms with Gasteiger partial charge in [0.05, 0.1) is 11.9 Å². The topological polar surface area (TPSA) is 24.9 Å². The third-order valence-electron chi connectivity index (χ3n) is 2.60. The molecule has 0 fully saturated rings. The molecule has 18 heavy (non-hydrogen) atoms. The molecule has 0 aliphatic rings. The summed E-state index contributed by atoms with van der Waals surface area (Å²) in [7, 11) is 0. The molecule has 4 heteroatoms. The van der Waals surface area contributed by atoms with Crippen LogP contribution in [0, 0.1) is 0 Å². The number of nitrogens with one attached hydrogen (secondary N) is 1. The number of hydrogen-bond donors (Lipinski definition) is 1. The van der Waals surface area contributed by atoms with E-state index in [0.29, 0.717) is 11.2 Å². The van der Waals surface area contributed by atoms with Gasteiger partial charge in [0, 0.05) is 10.5 Å². The predicted octanol–water partition coefficient (Wildman–Crippen LogP) is 4.54. The predicted molar refractivity (Wildman–Crippen MR) is 80.2 cm³/mol. The van der Waals surface area contributed by atoms with Gasteiger partial charge in [0.1, 0.15) is 5.15 Å². The average Bonchev–Trinajstić information content (AvgIpc) is 2.35. The van der Waals surface area contributed by atoms with E-state index in [0.717, 1.165) is 16.6 Å². The molecule has 0 radical (unpaired) electrons. The smallest absolute Gasteiger partial charge is 0.129 e. The highest BCUT2D eigenvalue weighted by Gasteiger charge is 2.04. The summed E-state index contributed by atoms with van der Waals surface area (Å²) in [5.74, 6) is 0. The van der Waals surface area contributed by atoms with E-state index in [9.17, 15) is 0 Å². The molecule has 2 nitrogen and oxygen atoms in total. The van der Waals surface area contributed by atoms with Crippen LogP contribution in [0.15, 0.2) is 47.1 Å². The SMILES string of the molecule is CC(Cc1ccc(Br)cc1)Nc1ccc(Cl)nc1. The molecule has 0 spiro atoms. The second-order valence-electron chi connectivity index (χ2n) is 4.25. The van der Waals surface area contributed by atoms with E-state index in [2.05, 4.69) is 57.4 Å². The molecule has 1 N–H and O–H groups in total. The van der Waals surface area contributed by atoms with Gasteiger partial charge in [-0.25, -0.2) is 4.98 Å². The number of pyridine rings is 1. The normalized spacial score (nSPS) is 12.2. The molecule has 94 valence electrons. The lowest BCUT2D eigenvalue weighted by atomic mass is 10.1. The van der Waals surface area contributed by atoms with Crippen molar-refractivity contribution in [3.05, 3.63) is 57.8 Å². The van der Waals surface area contributed by atoms with Gasteiger partial charge in [0.25, 0.3) is 0 Å². The van der Waals surface area contributed by atoms with Gasteiger partial charge in [-0.05, 0) is 43.2 Å². The Kier molecular flexibility index (Phi) is 4.61. The minimum absolute atomic E-state index is 0.342. The summed E-state index contributed by atoms with van der Waals surface area (Å²) in [5, 5.41) is 3.91. The Morgan fingerprint density at radius 3 is 2.56 bits per heavy atom. The molecule has 0 bridgehead atoms. The highest BCUT2D eigenvalue weighted by Crippen LogP contribution is 2.15. The van der Waals surface area contributed by atoms with Crippen LogP contribution in [-0.4, -0.2) is 11.0 Å². The monoisotopic (exact) mass is 324 g/mol. The summed E-state index contributed by atoms with van der Waals surface area (Å²) in [6, 6.07) is 12.4. The van der Waals surface area contributed by atoms with Crippen LogP contribution in [0.4, 0.5) is 5.69 Å². The van der Waals surface area contributed by atoms with E-state index in [1.54, 1.807) is 12.3 Å². The Bertz CT molecular complexity index is 449. The van der Waals surface area contributed by atoms with Gasteiger partial charge in [-0.2, -0.15) is 0 Å². The molecule has 2 aromatic rings. The van der Waals surface area contributed by atoms with Crippen LogP contribution in [0.2, 0.25) is 5.15 Å². The Morgan fingerprint density at radius 1 is 1.22 bits per heavy atom. The fourth-order valence-corrected chi connectivity index (χ4v) is 2.15. The molecule has 2 rings (SSSR count). The minimum Gasteiger partial charge on any atom is -0.381 e. The van der Waals surface area contributed by atoms with Crippen molar-refractivity contribution in [2.24, 2.45) is 0 Å². The summed E-state index contributed by atoms with van der Waals surface area (Å²) < 4.78 is 1.11. The van der Waals surface area contributed by atoms with Gasteiger partial charge in [0.2, 0.25) is 0 Å². The number of benzene rings is 1. The van der Waals surface area contributed by atoms with Crippen molar-refractivity contribution in [2.45, 2.75) is 19.4 Å². The maximum Gasteiger partial charge on any atom is 0.129 e. The molecule has 0 aliphatic heterocycles. The molecule has 0 aliphatic carbocycles. The van der Waals surface area contributed by atoms with Crippen LogP contribution >= 0.6 is 27.5 Å². The van der Waals surface area contributed by atoms with E-state index in [1.165, 1.54) is 5.56 Å². The first kappa shape index (κ1) is 13.4. The largest absolute Gasteiger partial charge is 0.381 e. The average molecular weight is 326 g/mol. The third-order valence-corrected chi connectivity index (χ3v) is 3.35. The second kappa shape index (κ2) is 6.21. The molecule has 0 saturated carbocycles. The zero-order valence-corrected chi connectivity index (χ0v) is 12.4. The number of aromatic nitrogens is 1. The highest BCUT2D eigenvalue weighted by atomic mass is 79.9. The van der Waals surface area contributed by atoms with Gasteiger partial charge < -0.3 is 5.32 Å². The number of nitrogens with zero attached hydrogens (tertiary/aromatic N) is 1. The van der Waals surface area contributed by atoms with Crippen molar-refractivity contribution in [1.82, 2.24) is 4.98 Å². The molecule has 1 heterocycles. The van der Waals surface area contributed by atoms with Crippen LogP contribution in [0.1, 0.15) is 12.5 Å². The van der Waals surface area contributed by atoms with E-state index >= 15 is 0 Å². The first-order valence-electron chi connectivity index (χ1n) is 5.76. The van der Waals surface area contributed by atoms with Gasteiger partial charge in [-0.1, -0.05) is 39.7 Å². The summed E-state index contributed by atoms with van der Waals surface area (Å²) in [5.41, 5.74) is 2.30. The number of halogens is 2. The lowest BCUT2D eigenvalue weighted by molar-refractivity contribution is 0.789. The van der Waals surface area contributed by atoms with E-state index in [-0.39, 0.29) is 0 Å². The zero-order chi connectivity index (χ0) is 13.0. The second-order valence-corrected chi connectivity index (χ2v) is 5.55. The fourth-order valence-electron chi connectivity index (χ4n) is 1.77. The van der Waals surface area contributed by atoms with Gasteiger partial charge in [0.15, 0.2) is 0 Å². The lowest BCUT2D eigenvalue weighted by Crippen LogP contribution is -2.18. The highest BCUT2D eigenvalue weighted by molar-refractivity contribution is 9.10. The zero-order valence-electron chi connectivity index (χ0n) is 10.0. The molecular formula is C14H14BrClN2. The summed E-state index contributed by atoms with van der Waals surface area (Å²) in [6.07, 6.45) is 2.72. The number of hydrogen-bond acceptors (Lipinski definition) is 2. The molecule has 1 unspecified atom stereocenters. The van der Waals surface area contributed by atoms with Gasteiger partial charge in [-0.3, -0.25) is 0 Å². The van der Waals surface area contributed by atoms with Gasteiger partial charge in [-0.15, -0.1) is 0 Å². The molecular weight excluding hydrogens is 312 g/mol.